The van der Waals surface area contributed by atoms with Crippen molar-refractivity contribution >= 4 is 5.78 Å². The van der Waals surface area contributed by atoms with Gasteiger partial charge >= 0.3 is 0 Å². The normalized spacial score (nSPS) is 25.7. The summed E-state index contributed by atoms with van der Waals surface area (Å²) in [6.45, 7) is 1.62. The van der Waals surface area contributed by atoms with Gasteiger partial charge in [-0.1, -0.05) is 12.1 Å². The van der Waals surface area contributed by atoms with E-state index in [1.165, 1.54) is 12.1 Å². The van der Waals surface area contributed by atoms with Gasteiger partial charge in [0, 0.05) is 5.92 Å². The van der Waals surface area contributed by atoms with Gasteiger partial charge < -0.3 is 0 Å². The molecule has 0 heterocycles. The molecule has 0 amide bonds. The van der Waals surface area contributed by atoms with E-state index < -0.39 is 0 Å². The molecule has 0 aliphatic heterocycles. The average Bonchev–Trinajstić information content (AvgIpc) is 2.85. The van der Waals surface area contributed by atoms with Gasteiger partial charge in [0.25, 0.3) is 0 Å². The Labute approximate surface area is 76.6 Å². The summed E-state index contributed by atoms with van der Waals surface area (Å²) in [4.78, 5) is 11.0. The maximum absolute atomic E-state index is 12.6. The largest absolute Gasteiger partial charge is 0.300 e. The third kappa shape index (κ3) is 1.62. The lowest BCUT2D eigenvalue weighted by Crippen LogP contribution is -1.94. The van der Waals surface area contributed by atoms with Gasteiger partial charge in [-0.15, -0.1) is 0 Å². The molecule has 2 atom stereocenters. The highest BCUT2D eigenvalue weighted by Gasteiger charge is 2.41. The first-order chi connectivity index (χ1) is 6.18. The summed E-state index contributed by atoms with van der Waals surface area (Å²) < 4.78 is 12.6. The van der Waals surface area contributed by atoms with E-state index in [1.807, 2.05) is 0 Å². The molecular weight excluding hydrogens is 167 g/mol. The van der Waals surface area contributed by atoms with E-state index in [0.717, 1.165) is 12.0 Å². The molecule has 2 rings (SSSR count). The molecule has 2 unspecified atom stereocenters. The molecule has 1 aromatic carbocycles. The van der Waals surface area contributed by atoms with Crippen LogP contribution in [-0.4, -0.2) is 5.78 Å². The number of ketones is 1. The zero-order valence-corrected chi connectivity index (χ0v) is 7.46. The van der Waals surface area contributed by atoms with Crippen molar-refractivity contribution in [1.29, 1.82) is 0 Å². The van der Waals surface area contributed by atoms with E-state index >= 15 is 0 Å². The number of rotatable bonds is 2. The highest BCUT2D eigenvalue weighted by Crippen LogP contribution is 2.47. The van der Waals surface area contributed by atoms with Crippen molar-refractivity contribution in [2.24, 2.45) is 5.92 Å². The van der Waals surface area contributed by atoms with Crippen molar-refractivity contribution in [3.8, 4) is 0 Å². The van der Waals surface area contributed by atoms with Crippen LogP contribution in [0.2, 0.25) is 0 Å². The van der Waals surface area contributed by atoms with Gasteiger partial charge in [-0.25, -0.2) is 4.39 Å². The van der Waals surface area contributed by atoms with E-state index in [2.05, 4.69) is 0 Å². The second-order valence-electron chi connectivity index (χ2n) is 3.61. The van der Waals surface area contributed by atoms with Gasteiger partial charge in [-0.3, -0.25) is 4.79 Å². The van der Waals surface area contributed by atoms with Crippen LogP contribution in [0.3, 0.4) is 0 Å². The lowest BCUT2D eigenvalue weighted by molar-refractivity contribution is -0.118. The first-order valence-corrected chi connectivity index (χ1v) is 4.44. The lowest BCUT2D eigenvalue weighted by atomic mass is 10.1. The van der Waals surface area contributed by atoms with Crippen LogP contribution >= 0.6 is 0 Å². The molecule has 0 bridgehead atoms. The number of Topliss-reactive ketones (excluding diaryl/α,β-unsaturated/α-hetero) is 1. The van der Waals surface area contributed by atoms with Crippen molar-refractivity contribution < 1.29 is 9.18 Å². The molecule has 2 heteroatoms. The standard InChI is InChI=1S/C11H11FO/c1-7(13)10-6-11(10)8-2-4-9(12)5-3-8/h2-5,10-11H,6H2,1H3. The number of benzene rings is 1. The van der Waals surface area contributed by atoms with Crippen LogP contribution in [0.1, 0.15) is 24.8 Å². The fourth-order valence-electron chi connectivity index (χ4n) is 1.72. The van der Waals surface area contributed by atoms with Crippen molar-refractivity contribution in [1.82, 2.24) is 0 Å². The second kappa shape index (κ2) is 2.95. The monoisotopic (exact) mass is 178 g/mol. The molecule has 1 fully saturated rings. The van der Waals surface area contributed by atoms with E-state index in [1.54, 1.807) is 19.1 Å². The quantitative estimate of drug-likeness (QED) is 0.680. The molecule has 0 saturated heterocycles. The lowest BCUT2D eigenvalue weighted by Gasteiger charge is -1.97. The van der Waals surface area contributed by atoms with Gasteiger partial charge in [0.2, 0.25) is 0 Å². The minimum atomic E-state index is -0.219. The number of hydrogen-bond donors (Lipinski definition) is 0. The molecule has 0 aromatic heterocycles. The maximum Gasteiger partial charge on any atom is 0.133 e. The Morgan fingerprint density at radius 2 is 2.00 bits per heavy atom. The Morgan fingerprint density at radius 3 is 2.46 bits per heavy atom. The highest BCUT2D eigenvalue weighted by molar-refractivity contribution is 5.82. The third-order valence-electron chi connectivity index (χ3n) is 2.61. The molecule has 0 spiro atoms. The van der Waals surface area contributed by atoms with E-state index in [4.69, 9.17) is 0 Å². The molecular formula is C11H11FO. The summed E-state index contributed by atoms with van der Waals surface area (Å²) >= 11 is 0. The molecule has 13 heavy (non-hydrogen) atoms. The minimum Gasteiger partial charge on any atom is -0.300 e. The Hall–Kier alpha value is -1.18. The van der Waals surface area contributed by atoms with Crippen molar-refractivity contribution in [2.75, 3.05) is 0 Å². The zero-order chi connectivity index (χ0) is 9.42. The van der Waals surface area contributed by atoms with Crippen molar-refractivity contribution in [3.05, 3.63) is 35.6 Å². The predicted octanol–water partition coefficient (Wildman–Crippen LogP) is 2.52. The first-order valence-electron chi connectivity index (χ1n) is 4.44. The van der Waals surface area contributed by atoms with Crippen molar-refractivity contribution in [2.45, 2.75) is 19.3 Å². The van der Waals surface area contributed by atoms with Crippen molar-refractivity contribution in [3.63, 3.8) is 0 Å². The fourth-order valence-corrected chi connectivity index (χ4v) is 1.72. The van der Waals surface area contributed by atoms with Gasteiger partial charge in [0.15, 0.2) is 0 Å². The number of hydrogen-bond acceptors (Lipinski definition) is 1. The summed E-state index contributed by atoms with van der Waals surface area (Å²) in [7, 11) is 0. The summed E-state index contributed by atoms with van der Waals surface area (Å²) in [6.07, 6.45) is 0.932. The summed E-state index contributed by atoms with van der Waals surface area (Å²) in [6, 6.07) is 6.43. The maximum atomic E-state index is 12.6. The van der Waals surface area contributed by atoms with Crippen LogP contribution < -0.4 is 0 Å². The average molecular weight is 178 g/mol. The summed E-state index contributed by atoms with van der Waals surface area (Å²) in [5.41, 5.74) is 1.08. The molecule has 68 valence electrons. The van der Waals surface area contributed by atoms with E-state index in [9.17, 15) is 9.18 Å². The van der Waals surface area contributed by atoms with Gasteiger partial charge in [-0.05, 0) is 37.0 Å². The summed E-state index contributed by atoms with van der Waals surface area (Å²) in [5.74, 6) is 0.557. The SMILES string of the molecule is CC(=O)C1CC1c1ccc(F)cc1. The summed E-state index contributed by atoms with van der Waals surface area (Å²) in [5, 5.41) is 0. The topological polar surface area (TPSA) is 17.1 Å². The third-order valence-corrected chi connectivity index (χ3v) is 2.61. The minimum absolute atomic E-state index is 0.186. The van der Waals surface area contributed by atoms with Crippen LogP contribution in [0.25, 0.3) is 0 Å². The molecule has 0 N–H and O–H groups in total. The fraction of sp³-hybridized carbons (Fsp3) is 0.364. The number of carbonyl (C=O) groups is 1. The highest BCUT2D eigenvalue weighted by atomic mass is 19.1. The van der Waals surface area contributed by atoms with Gasteiger partial charge in [-0.2, -0.15) is 0 Å². The van der Waals surface area contributed by atoms with Gasteiger partial charge in [0.1, 0.15) is 11.6 Å². The molecule has 0 radical (unpaired) electrons. The Bertz CT molecular complexity index is 328. The molecule has 1 nitrogen and oxygen atoms in total. The van der Waals surface area contributed by atoms with Gasteiger partial charge in [0.05, 0.1) is 0 Å². The van der Waals surface area contributed by atoms with E-state index in [-0.39, 0.29) is 17.5 Å². The Kier molecular flexibility index (Phi) is 1.91. The van der Waals surface area contributed by atoms with Crippen LogP contribution in [0.5, 0.6) is 0 Å². The Morgan fingerprint density at radius 1 is 1.38 bits per heavy atom. The van der Waals surface area contributed by atoms with Crippen LogP contribution in [0, 0.1) is 11.7 Å². The van der Waals surface area contributed by atoms with Crippen LogP contribution in [0.4, 0.5) is 4.39 Å². The van der Waals surface area contributed by atoms with Crippen LogP contribution in [-0.2, 0) is 4.79 Å². The second-order valence-corrected chi connectivity index (χ2v) is 3.61. The Balaban J connectivity index is 2.12. The number of halogens is 1. The molecule has 1 aromatic rings. The molecule has 1 aliphatic rings. The predicted molar refractivity (Wildman–Crippen MR) is 47.9 cm³/mol. The van der Waals surface area contributed by atoms with Crippen LogP contribution in [0.15, 0.2) is 24.3 Å². The molecule has 1 aliphatic carbocycles. The first kappa shape index (κ1) is 8.42. The molecule has 1 saturated carbocycles. The number of carbonyl (C=O) groups excluding carboxylic acids is 1. The smallest absolute Gasteiger partial charge is 0.133 e. The van der Waals surface area contributed by atoms with E-state index in [0.29, 0.717) is 5.92 Å². The zero-order valence-electron chi connectivity index (χ0n) is 7.46.